The van der Waals surface area contributed by atoms with Gasteiger partial charge in [0.15, 0.2) is 5.76 Å². The molecule has 1 N–H and O–H groups in total. The maximum Gasteiger partial charge on any atom is 0.289 e. The monoisotopic (exact) mass is 399 g/mol. The van der Waals surface area contributed by atoms with Crippen LogP contribution in [0.2, 0.25) is 0 Å². The Morgan fingerprint density at radius 1 is 1.17 bits per heavy atom. The molecular weight excluding hydrogens is 370 g/mol. The molecule has 7 nitrogen and oxygen atoms in total. The summed E-state index contributed by atoms with van der Waals surface area (Å²) in [6.07, 6.45) is 2.82. The summed E-state index contributed by atoms with van der Waals surface area (Å²) in [4.78, 5) is 28.6. The van der Waals surface area contributed by atoms with E-state index in [1.54, 1.807) is 17.0 Å². The van der Waals surface area contributed by atoms with Gasteiger partial charge < -0.3 is 24.3 Å². The highest BCUT2D eigenvalue weighted by Crippen LogP contribution is 2.20. The topological polar surface area (TPSA) is 75.0 Å². The maximum atomic E-state index is 12.5. The van der Waals surface area contributed by atoms with Gasteiger partial charge in [-0.05, 0) is 56.8 Å². The van der Waals surface area contributed by atoms with Gasteiger partial charge in [-0.3, -0.25) is 9.59 Å². The van der Waals surface area contributed by atoms with Gasteiger partial charge in [0.25, 0.3) is 5.91 Å². The summed E-state index contributed by atoms with van der Waals surface area (Å²) in [6, 6.07) is 11.2. The number of rotatable bonds is 8. The van der Waals surface area contributed by atoms with Crippen LogP contribution in [0.4, 0.5) is 0 Å². The lowest BCUT2D eigenvalue weighted by molar-refractivity contribution is -0.126. The molecule has 29 heavy (non-hydrogen) atoms. The Morgan fingerprint density at radius 3 is 2.52 bits per heavy atom. The fourth-order valence-corrected chi connectivity index (χ4v) is 3.28. The van der Waals surface area contributed by atoms with E-state index >= 15 is 0 Å². The van der Waals surface area contributed by atoms with Gasteiger partial charge in [0, 0.05) is 32.1 Å². The first-order valence-electron chi connectivity index (χ1n) is 10.00. The summed E-state index contributed by atoms with van der Waals surface area (Å²) in [5, 5.41) is 3.01. The summed E-state index contributed by atoms with van der Waals surface area (Å²) in [7, 11) is 4.02. The quantitative estimate of drug-likeness (QED) is 0.738. The molecule has 1 saturated heterocycles. The van der Waals surface area contributed by atoms with Crippen LogP contribution in [0.15, 0.2) is 47.1 Å². The van der Waals surface area contributed by atoms with Crippen molar-refractivity contribution < 1.29 is 18.7 Å². The molecule has 3 rings (SSSR count). The molecule has 0 atom stereocenters. The molecule has 0 radical (unpaired) electrons. The average Bonchev–Trinajstić information content (AvgIpc) is 3.27. The fourth-order valence-electron chi connectivity index (χ4n) is 3.28. The Balaban J connectivity index is 1.39. The van der Waals surface area contributed by atoms with E-state index in [1.807, 2.05) is 38.4 Å². The van der Waals surface area contributed by atoms with E-state index in [0.717, 1.165) is 17.9 Å². The Kier molecular flexibility index (Phi) is 7.30. The van der Waals surface area contributed by atoms with Gasteiger partial charge >= 0.3 is 0 Å². The van der Waals surface area contributed by atoms with Crippen LogP contribution in [-0.2, 0) is 11.3 Å². The molecule has 1 aromatic carbocycles. The number of amides is 2. The SMILES string of the molecule is CN(C)CCOc1ccc(CNC(=O)C2CCN(C(=O)c3ccco3)CC2)cc1. The molecule has 2 heterocycles. The number of ether oxygens (including phenoxy) is 1. The minimum absolute atomic E-state index is 0.0430. The second kappa shape index (κ2) is 10.1. The number of benzene rings is 1. The largest absolute Gasteiger partial charge is 0.492 e. The van der Waals surface area contributed by atoms with Crippen LogP contribution in [0.5, 0.6) is 5.75 Å². The predicted octanol–water partition coefficient (Wildman–Crippen LogP) is 2.39. The normalized spacial score (nSPS) is 14.8. The lowest BCUT2D eigenvalue weighted by Crippen LogP contribution is -2.42. The molecule has 156 valence electrons. The van der Waals surface area contributed by atoms with E-state index in [2.05, 4.69) is 10.2 Å². The third-order valence-corrected chi connectivity index (χ3v) is 5.08. The maximum absolute atomic E-state index is 12.5. The summed E-state index contributed by atoms with van der Waals surface area (Å²) in [5.74, 6) is 1.05. The number of likely N-dealkylation sites (tertiary alicyclic amines) is 1. The number of furan rings is 1. The van der Waals surface area contributed by atoms with E-state index < -0.39 is 0 Å². The molecule has 0 spiro atoms. The van der Waals surface area contributed by atoms with Crippen molar-refractivity contribution in [3.05, 3.63) is 54.0 Å². The summed E-state index contributed by atoms with van der Waals surface area (Å²) in [6.45, 7) is 3.13. The predicted molar refractivity (Wildman–Crippen MR) is 110 cm³/mol. The molecule has 0 aliphatic carbocycles. The van der Waals surface area contributed by atoms with Crippen LogP contribution in [0.25, 0.3) is 0 Å². The van der Waals surface area contributed by atoms with Gasteiger partial charge in [-0.1, -0.05) is 12.1 Å². The minimum atomic E-state index is -0.109. The van der Waals surface area contributed by atoms with Gasteiger partial charge in [0.1, 0.15) is 12.4 Å². The van der Waals surface area contributed by atoms with Crippen molar-refractivity contribution >= 4 is 11.8 Å². The minimum Gasteiger partial charge on any atom is -0.492 e. The van der Waals surface area contributed by atoms with Crippen molar-refractivity contribution in [3.63, 3.8) is 0 Å². The third kappa shape index (κ3) is 6.09. The molecule has 2 amide bonds. The van der Waals surface area contributed by atoms with E-state index in [-0.39, 0.29) is 17.7 Å². The zero-order chi connectivity index (χ0) is 20.6. The molecule has 0 bridgehead atoms. The first-order chi connectivity index (χ1) is 14.0. The number of carbonyl (C=O) groups is 2. The molecular formula is C22H29N3O4. The van der Waals surface area contributed by atoms with Crippen molar-refractivity contribution in [3.8, 4) is 5.75 Å². The third-order valence-electron chi connectivity index (χ3n) is 5.08. The Hall–Kier alpha value is -2.80. The van der Waals surface area contributed by atoms with Gasteiger partial charge in [0.05, 0.1) is 6.26 Å². The average molecular weight is 399 g/mol. The van der Waals surface area contributed by atoms with E-state index in [0.29, 0.717) is 44.8 Å². The van der Waals surface area contributed by atoms with Gasteiger partial charge in [-0.2, -0.15) is 0 Å². The summed E-state index contributed by atoms with van der Waals surface area (Å²) < 4.78 is 10.9. The number of hydrogen-bond acceptors (Lipinski definition) is 5. The van der Waals surface area contributed by atoms with Crippen LogP contribution >= 0.6 is 0 Å². The standard InChI is InChI=1S/C22H29N3O4/c1-24(2)13-15-28-19-7-5-17(6-8-19)16-23-21(26)18-9-11-25(12-10-18)22(27)20-4-3-14-29-20/h3-8,14,18H,9-13,15-16H2,1-2H3,(H,23,26). The fraction of sp³-hybridized carbons (Fsp3) is 0.455. The summed E-state index contributed by atoms with van der Waals surface area (Å²) in [5.41, 5.74) is 1.03. The van der Waals surface area contributed by atoms with Crippen LogP contribution < -0.4 is 10.1 Å². The second-order valence-corrected chi connectivity index (χ2v) is 7.56. The van der Waals surface area contributed by atoms with Crippen molar-refractivity contribution in [1.82, 2.24) is 15.1 Å². The highest BCUT2D eigenvalue weighted by molar-refractivity contribution is 5.91. The number of carbonyl (C=O) groups excluding carboxylic acids is 2. The van der Waals surface area contributed by atoms with E-state index in [1.165, 1.54) is 6.26 Å². The van der Waals surface area contributed by atoms with E-state index in [4.69, 9.17) is 9.15 Å². The van der Waals surface area contributed by atoms with Crippen molar-refractivity contribution in [2.24, 2.45) is 5.92 Å². The molecule has 1 aliphatic heterocycles. The molecule has 0 saturated carbocycles. The van der Waals surface area contributed by atoms with Crippen LogP contribution in [0.1, 0.15) is 29.0 Å². The Morgan fingerprint density at radius 2 is 1.90 bits per heavy atom. The molecule has 1 aliphatic rings. The number of nitrogens with zero attached hydrogens (tertiary/aromatic N) is 2. The molecule has 2 aromatic rings. The molecule has 0 unspecified atom stereocenters. The van der Waals surface area contributed by atoms with Crippen LogP contribution in [0.3, 0.4) is 0 Å². The number of piperidine rings is 1. The molecule has 1 aromatic heterocycles. The van der Waals surface area contributed by atoms with Crippen LogP contribution in [-0.4, -0.2) is 62.0 Å². The highest BCUT2D eigenvalue weighted by atomic mass is 16.5. The van der Waals surface area contributed by atoms with E-state index in [9.17, 15) is 9.59 Å². The highest BCUT2D eigenvalue weighted by Gasteiger charge is 2.28. The van der Waals surface area contributed by atoms with Crippen molar-refractivity contribution in [2.45, 2.75) is 19.4 Å². The lowest BCUT2D eigenvalue weighted by Gasteiger charge is -2.30. The number of likely N-dealkylation sites (N-methyl/N-ethyl adjacent to an activating group) is 1. The lowest BCUT2D eigenvalue weighted by atomic mass is 9.95. The first kappa shape index (κ1) is 20.9. The van der Waals surface area contributed by atoms with Crippen molar-refractivity contribution in [1.29, 1.82) is 0 Å². The molecule has 1 fully saturated rings. The van der Waals surface area contributed by atoms with Gasteiger partial charge in [-0.15, -0.1) is 0 Å². The van der Waals surface area contributed by atoms with Gasteiger partial charge in [-0.25, -0.2) is 0 Å². The smallest absolute Gasteiger partial charge is 0.289 e. The van der Waals surface area contributed by atoms with Crippen LogP contribution in [0, 0.1) is 5.92 Å². The van der Waals surface area contributed by atoms with Crippen molar-refractivity contribution in [2.75, 3.05) is 40.3 Å². The number of nitrogens with one attached hydrogen (secondary N) is 1. The first-order valence-corrected chi connectivity index (χ1v) is 10.00. The number of hydrogen-bond donors (Lipinski definition) is 1. The molecule has 7 heteroatoms. The Labute approximate surface area is 171 Å². The van der Waals surface area contributed by atoms with Gasteiger partial charge in [0.2, 0.25) is 5.91 Å². The zero-order valence-corrected chi connectivity index (χ0v) is 17.1. The Bertz CT molecular complexity index is 779. The zero-order valence-electron chi connectivity index (χ0n) is 17.1. The second-order valence-electron chi connectivity index (χ2n) is 7.56. The summed E-state index contributed by atoms with van der Waals surface area (Å²) >= 11 is 0.